The van der Waals surface area contributed by atoms with Gasteiger partial charge in [0.15, 0.2) is 0 Å². The summed E-state index contributed by atoms with van der Waals surface area (Å²) in [6.45, 7) is 9.18. The van der Waals surface area contributed by atoms with E-state index in [2.05, 4.69) is 5.32 Å². The Morgan fingerprint density at radius 1 is 0.927 bits per heavy atom. The first-order chi connectivity index (χ1) is 19.4. The number of hydrogen-bond acceptors (Lipinski definition) is 5. The summed E-state index contributed by atoms with van der Waals surface area (Å²) in [5.41, 5.74) is 0.432. The largest absolute Gasteiger partial charge is 0.494 e. The molecule has 3 aromatic rings. The summed E-state index contributed by atoms with van der Waals surface area (Å²) in [6.07, 6.45) is 0.315. The van der Waals surface area contributed by atoms with Gasteiger partial charge in [0.25, 0.3) is 10.0 Å². The Kier molecular flexibility index (Phi) is 10.8. The predicted octanol–water partition coefficient (Wildman–Crippen LogP) is 5.66. The van der Waals surface area contributed by atoms with E-state index < -0.39 is 34.1 Å². The van der Waals surface area contributed by atoms with Crippen molar-refractivity contribution in [3.8, 4) is 5.75 Å². The molecule has 0 aliphatic rings. The maximum atomic E-state index is 14.1. The minimum Gasteiger partial charge on any atom is -0.494 e. The molecular formula is C31H38ClN3O5S. The van der Waals surface area contributed by atoms with Crippen LogP contribution in [0, 0.1) is 0 Å². The molecule has 8 nitrogen and oxygen atoms in total. The molecule has 0 saturated heterocycles. The molecule has 0 fully saturated rings. The lowest BCUT2D eigenvalue weighted by Gasteiger charge is -2.35. The van der Waals surface area contributed by atoms with E-state index in [1.54, 1.807) is 66.7 Å². The van der Waals surface area contributed by atoms with Crippen LogP contribution in [0.4, 0.5) is 5.69 Å². The summed E-state index contributed by atoms with van der Waals surface area (Å²) < 4.78 is 34.4. The van der Waals surface area contributed by atoms with Gasteiger partial charge in [-0.3, -0.25) is 13.9 Å². The number of para-hydroxylation sites is 1. The van der Waals surface area contributed by atoms with Crippen LogP contribution >= 0.6 is 11.6 Å². The highest BCUT2D eigenvalue weighted by Gasteiger charge is 2.34. The zero-order valence-electron chi connectivity index (χ0n) is 24.1. The lowest BCUT2D eigenvalue weighted by molar-refractivity contribution is -0.141. The lowest BCUT2D eigenvalue weighted by atomic mass is 10.1. The molecule has 0 unspecified atom stereocenters. The van der Waals surface area contributed by atoms with Gasteiger partial charge in [-0.15, -0.1) is 0 Å². The number of carbonyl (C=O) groups excluding carboxylic acids is 2. The average Bonchev–Trinajstić information content (AvgIpc) is 2.92. The average molecular weight is 600 g/mol. The molecule has 3 rings (SSSR count). The van der Waals surface area contributed by atoms with Crippen LogP contribution in [0.5, 0.6) is 5.75 Å². The van der Waals surface area contributed by atoms with Gasteiger partial charge in [-0.2, -0.15) is 0 Å². The molecule has 220 valence electrons. The summed E-state index contributed by atoms with van der Waals surface area (Å²) in [7, 11) is -4.17. The van der Waals surface area contributed by atoms with Crippen molar-refractivity contribution in [2.45, 2.75) is 64.1 Å². The van der Waals surface area contributed by atoms with Crippen molar-refractivity contribution >= 4 is 39.1 Å². The minimum absolute atomic E-state index is 0.00720. The second-order valence-corrected chi connectivity index (χ2v) is 12.8. The van der Waals surface area contributed by atoms with Crippen molar-refractivity contribution in [3.05, 3.63) is 89.4 Å². The summed E-state index contributed by atoms with van der Waals surface area (Å²) in [5.74, 6) is -0.337. The molecule has 0 bridgehead atoms. The van der Waals surface area contributed by atoms with Gasteiger partial charge in [-0.25, -0.2) is 8.42 Å². The third-order valence-electron chi connectivity index (χ3n) is 6.23. The molecule has 0 radical (unpaired) electrons. The maximum absolute atomic E-state index is 14.1. The van der Waals surface area contributed by atoms with E-state index in [1.165, 1.54) is 17.0 Å². The SMILES string of the molecule is CCOc1ccc(S(=O)(=O)N(CC(=O)N(Cc2ccccc2Cl)[C@H](CC)C(=O)NC(C)(C)C)c2ccccc2)cc1. The molecule has 2 amide bonds. The molecule has 1 atom stereocenters. The number of amides is 2. The molecule has 0 heterocycles. The Balaban J connectivity index is 2.05. The number of ether oxygens (including phenoxy) is 1. The van der Waals surface area contributed by atoms with Gasteiger partial charge < -0.3 is 15.0 Å². The number of anilines is 1. The van der Waals surface area contributed by atoms with Gasteiger partial charge >= 0.3 is 0 Å². The van der Waals surface area contributed by atoms with Gasteiger partial charge in [-0.05, 0) is 82.1 Å². The number of sulfonamides is 1. The molecule has 0 saturated carbocycles. The molecule has 0 aromatic heterocycles. The zero-order chi connectivity index (χ0) is 30.2. The monoisotopic (exact) mass is 599 g/mol. The number of nitrogens with zero attached hydrogens (tertiary/aromatic N) is 2. The fourth-order valence-electron chi connectivity index (χ4n) is 4.31. The van der Waals surface area contributed by atoms with Gasteiger partial charge in [0.05, 0.1) is 17.2 Å². The minimum atomic E-state index is -4.17. The Hall–Kier alpha value is -3.56. The van der Waals surface area contributed by atoms with Crippen molar-refractivity contribution in [1.82, 2.24) is 10.2 Å². The first-order valence-corrected chi connectivity index (χ1v) is 15.3. The smallest absolute Gasteiger partial charge is 0.264 e. The van der Waals surface area contributed by atoms with Gasteiger partial charge in [0, 0.05) is 17.1 Å². The van der Waals surface area contributed by atoms with E-state index in [-0.39, 0.29) is 17.3 Å². The van der Waals surface area contributed by atoms with Crippen LogP contribution in [0.15, 0.2) is 83.8 Å². The van der Waals surface area contributed by atoms with Crippen LogP contribution in [-0.2, 0) is 26.2 Å². The molecule has 1 N–H and O–H groups in total. The number of carbonyl (C=O) groups is 2. The second kappa shape index (κ2) is 13.9. The van der Waals surface area contributed by atoms with E-state index in [4.69, 9.17) is 16.3 Å². The van der Waals surface area contributed by atoms with Crippen molar-refractivity contribution in [2.75, 3.05) is 17.5 Å². The quantitative estimate of drug-likeness (QED) is 0.290. The Morgan fingerprint density at radius 2 is 1.54 bits per heavy atom. The summed E-state index contributed by atoms with van der Waals surface area (Å²) in [5, 5.41) is 3.40. The van der Waals surface area contributed by atoms with E-state index in [9.17, 15) is 18.0 Å². The number of nitrogens with one attached hydrogen (secondary N) is 1. The standard InChI is InChI=1S/C31H38ClN3O5S/c1-6-28(30(37)33-31(3,4)5)34(21-23-13-11-12-16-27(23)32)29(36)22-35(24-14-9-8-10-15-24)41(38,39)26-19-17-25(18-20-26)40-7-2/h8-20,28H,6-7,21-22H2,1-5H3,(H,33,37)/t28-/m1/s1. The fraction of sp³-hybridized carbons (Fsp3) is 0.355. The van der Waals surface area contributed by atoms with E-state index >= 15 is 0 Å². The first-order valence-electron chi connectivity index (χ1n) is 13.5. The normalized spacial score (nSPS) is 12.3. The van der Waals surface area contributed by atoms with Crippen LogP contribution in [0.3, 0.4) is 0 Å². The summed E-state index contributed by atoms with van der Waals surface area (Å²) in [6, 6.07) is 20.7. The molecule has 3 aromatic carbocycles. The van der Waals surface area contributed by atoms with Crippen molar-refractivity contribution in [2.24, 2.45) is 0 Å². The van der Waals surface area contributed by atoms with E-state index in [1.807, 2.05) is 34.6 Å². The van der Waals surface area contributed by atoms with Crippen molar-refractivity contribution in [3.63, 3.8) is 0 Å². The molecule has 0 aliphatic carbocycles. The van der Waals surface area contributed by atoms with Crippen molar-refractivity contribution in [1.29, 1.82) is 0 Å². The van der Waals surface area contributed by atoms with Crippen LogP contribution in [-0.4, -0.2) is 49.9 Å². The number of halogens is 1. The highest BCUT2D eigenvalue weighted by atomic mass is 35.5. The number of rotatable bonds is 12. The Labute approximate surface area is 248 Å². The second-order valence-electron chi connectivity index (χ2n) is 10.5. The van der Waals surface area contributed by atoms with Crippen molar-refractivity contribution < 1.29 is 22.7 Å². The summed E-state index contributed by atoms with van der Waals surface area (Å²) >= 11 is 6.44. The van der Waals surface area contributed by atoms with Crippen LogP contribution < -0.4 is 14.4 Å². The lowest BCUT2D eigenvalue weighted by Crippen LogP contribution is -2.55. The maximum Gasteiger partial charge on any atom is 0.264 e. The first kappa shape index (κ1) is 32.0. The van der Waals surface area contributed by atoms with Crippen LogP contribution in [0.25, 0.3) is 0 Å². The topological polar surface area (TPSA) is 96.0 Å². The highest BCUT2D eigenvalue weighted by Crippen LogP contribution is 2.27. The van der Waals surface area contributed by atoms with Gasteiger partial charge in [0.1, 0.15) is 18.3 Å². The van der Waals surface area contributed by atoms with E-state index in [0.29, 0.717) is 35.1 Å². The Bertz CT molecular complexity index is 1420. The Morgan fingerprint density at radius 3 is 2.10 bits per heavy atom. The molecule has 41 heavy (non-hydrogen) atoms. The van der Waals surface area contributed by atoms with Gasteiger partial charge in [-0.1, -0.05) is 54.9 Å². The van der Waals surface area contributed by atoms with Crippen LogP contribution in [0.1, 0.15) is 46.6 Å². The summed E-state index contributed by atoms with van der Waals surface area (Å²) in [4.78, 5) is 28.9. The molecule has 0 aliphatic heterocycles. The number of benzene rings is 3. The third kappa shape index (κ3) is 8.47. The highest BCUT2D eigenvalue weighted by molar-refractivity contribution is 7.92. The predicted molar refractivity (Wildman–Crippen MR) is 163 cm³/mol. The third-order valence-corrected chi connectivity index (χ3v) is 8.39. The van der Waals surface area contributed by atoms with Crippen LogP contribution in [0.2, 0.25) is 5.02 Å². The zero-order valence-corrected chi connectivity index (χ0v) is 25.7. The van der Waals surface area contributed by atoms with E-state index in [0.717, 1.165) is 4.31 Å². The molecule has 10 heteroatoms. The number of hydrogen-bond donors (Lipinski definition) is 1. The molecular weight excluding hydrogens is 562 g/mol. The molecule has 0 spiro atoms. The van der Waals surface area contributed by atoms with Gasteiger partial charge in [0.2, 0.25) is 11.8 Å². The fourth-order valence-corrected chi connectivity index (χ4v) is 5.92.